The molecule has 0 aliphatic carbocycles. The molecule has 1 aliphatic rings. The number of carbonyl (C=O) groups is 2. The van der Waals surface area contributed by atoms with E-state index in [1.54, 1.807) is 12.1 Å². The first kappa shape index (κ1) is 18.3. The van der Waals surface area contributed by atoms with Crippen LogP contribution in [0.3, 0.4) is 0 Å². The largest absolute Gasteiger partial charge is 0.361 e. The number of aromatic nitrogens is 1. The zero-order valence-electron chi connectivity index (χ0n) is 15.9. The van der Waals surface area contributed by atoms with E-state index in [9.17, 15) is 9.59 Å². The number of nitrogens with zero attached hydrogens (tertiary/aromatic N) is 1. The van der Waals surface area contributed by atoms with Crippen molar-refractivity contribution in [2.45, 2.75) is 31.7 Å². The molecule has 0 spiro atoms. The van der Waals surface area contributed by atoms with E-state index in [2.05, 4.69) is 10.3 Å². The molecule has 2 amide bonds. The molecule has 2 N–H and O–H groups in total. The smallest absolute Gasteiger partial charge is 0.251 e. The zero-order chi connectivity index (χ0) is 19.3. The first-order chi connectivity index (χ1) is 13.7. The normalized spacial score (nSPS) is 15.4. The van der Waals surface area contributed by atoms with Crippen molar-refractivity contribution in [3.8, 4) is 0 Å². The summed E-state index contributed by atoms with van der Waals surface area (Å²) in [6.07, 6.45) is 5.62. The standard InChI is InChI=1S/C23H25N3O2/c27-22(17-9-3-1-4-10-17)25-21(23(28)26-13-7-2-8-14-26)15-18-16-24-20-12-6-5-11-19(18)20/h1,3-6,9-12,16,21,24H,2,7-8,13-15H2,(H,25,27)/t21-/m1/s1. The lowest BCUT2D eigenvalue weighted by molar-refractivity contribution is -0.134. The number of rotatable bonds is 5. The minimum atomic E-state index is -0.579. The number of hydrogen-bond donors (Lipinski definition) is 2. The van der Waals surface area contributed by atoms with Gasteiger partial charge in [0.25, 0.3) is 5.91 Å². The molecule has 2 aromatic carbocycles. The van der Waals surface area contributed by atoms with Crippen molar-refractivity contribution >= 4 is 22.7 Å². The molecule has 2 heterocycles. The van der Waals surface area contributed by atoms with Gasteiger partial charge in [-0.2, -0.15) is 0 Å². The Bertz CT molecular complexity index is 958. The Morgan fingerprint density at radius 3 is 2.46 bits per heavy atom. The molecule has 4 rings (SSSR count). The van der Waals surface area contributed by atoms with Crippen molar-refractivity contribution in [2.24, 2.45) is 0 Å². The second-order valence-electron chi connectivity index (χ2n) is 7.34. The summed E-state index contributed by atoms with van der Waals surface area (Å²) in [6, 6.07) is 16.5. The van der Waals surface area contributed by atoms with Crippen LogP contribution in [-0.2, 0) is 11.2 Å². The van der Waals surface area contributed by atoms with Crippen molar-refractivity contribution < 1.29 is 9.59 Å². The predicted octanol–water partition coefficient (Wildman–Crippen LogP) is 3.52. The van der Waals surface area contributed by atoms with Gasteiger partial charge in [-0.1, -0.05) is 36.4 Å². The van der Waals surface area contributed by atoms with Crippen LogP contribution in [0.25, 0.3) is 10.9 Å². The van der Waals surface area contributed by atoms with Crippen molar-refractivity contribution in [3.63, 3.8) is 0 Å². The Morgan fingerprint density at radius 1 is 0.964 bits per heavy atom. The Labute approximate surface area is 164 Å². The number of amides is 2. The van der Waals surface area contributed by atoms with Gasteiger partial charge in [0.1, 0.15) is 6.04 Å². The number of piperidine rings is 1. The lowest BCUT2D eigenvalue weighted by Crippen LogP contribution is -2.51. The van der Waals surface area contributed by atoms with Gasteiger partial charge in [0, 0.05) is 42.2 Å². The van der Waals surface area contributed by atoms with Crippen LogP contribution in [0.2, 0.25) is 0 Å². The number of fused-ring (bicyclic) bond motifs is 1. The molecule has 1 fully saturated rings. The van der Waals surface area contributed by atoms with Crippen molar-refractivity contribution in [1.29, 1.82) is 0 Å². The molecule has 1 aliphatic heterocycles. The van der Waals surface area contributed by atoms with E-state index < -0.39 is 6.04 Å². The van der Waals surface area contributed by atoms with E-state index in [1.807, 2.05) is 53.6 Å². The fraction of sp³-hybridized carbons (Fsp3) is 0.304. The maximum Gasteiger partial charge on any atom is 0.251 e. The maximum absolute atomic E-state index is 13.2. The van der Waals surface area contributed by atoms with Gasteiger partial charge < -0.3 is 15.2 Å². The van der Waals surface area contributed by atoms with Crippen LogP contribution >= 0.6 is 0 Å². The Morgan fingerprint density at radius 2 is 1.68 bits per heavy atom. The van der Waals surface area contributed by atoms with E-state index >= 15 is 0 Å². The van der Waals surface area contributed by atoms with Crippen LogP contribution in [0.1, 0.15) is 35.2 Å². The topological polar surface area (TPSA) is 65.2 Å². The SMILES string of the molecule is O=C(N[C@H](Cc1c[nH]c2ccccc12)C(=O)N1CCCCC1)c1ccccc1. The first-order valence-electron chi connectivity index (χ1n) is 9.92. The number of carbonyl (C=O) groups excluding carboxylic acids is 2. The molecule has 3 aromatic rings. The van der Waals surface area contributed by atoms with Gasteiger partial charge in [0.05, 0.1) is 0 Å². The third kappa shape index (κ3) is 3.93. The summed E-state index contributed by atoms with van der Waals surface area (Å²) in [4.78, 5) is 31.1. The fourth-order valence-corrected chi connectivity index (χ4v) is 3.89. The molecule has 1 atom stereocenters. The Hall–Kier alpha value is -3.08. The third-order valence-electron chi connectivity index (χ3n) is 5.41. The molecular weight excluding hydrogens is 350 g/mol. The number of nitrogens with one attached hydrogen (secondary N) is 2. The molecule has 0 radical (unpaired) electrons. The summed E-state index contributed by atoms with van der Waals surface area (Å²) in [5.74, 6) is -0.204. The van der Waals surface area contributed by atoms with Crippen molar-refractivity contribution in [2.75, 3.05) is 13.1 Å². The number of likely N-dealkylation sites (tertiary alicyclic amines) is 1. The summed E-state index contributed by atoms with van der Waals surface area (Å²) in [5, 5.41) is 4.08. The third-order valence-corrected chi connectivity index (χ3v) is 5.41. The van der Waals surface area contributed by atoms with Gasteiger partial charge in [-0.05, 0) is 43.0 Å². The van der Waals surface area contributed by atoms with E-state index in [0.29, 0.717) is 12.0 Å². The first-order valence-corrected chi connectivity index (χ1v) is 9.92. The highest BCUT2D eigenvalue weighted by molar-refractivity contribution is 5.98. The van der Waals surface area contributed by atoms with Gasteiger partial charge in [0.2, 0.25) is 5.91 Å². The van der Waals surface area contributed by atoms with E-state index in [0.717, 1.165) is 48.8 Å². The summed E-state index contributed by atoms with van der Waals surface area (Å²) in [5.41, 5.74) is 2.65. The summed E-state index contributed by atoms with van der Waals surface area (Å²) < 4.78 is 0. The number of hydrogen-bond acceptors (Lipinski definition) is 2. The second-order valence-corrected chi connectivity index (χ2v) is 7.34. The Kier molecular flexibility index (Phi) is 5.42. The molecule has 0 unspecified atom stereocenters. The summed E-state index contributed by atoms with van der Waals surface area (Å²) in [6.45, 7) is 1.54. The molecule has 5 heteroatoms. The quantitative estimate of drug-likeness (QED) is 0.717. The lowest BCUT2D eigenvalue weighted by atomic mass is 10.0. The fourth-order valence-electron chi connectivity index (χ4n) is 3.89. The van der Waals surface area contributed by atoms with Crippen molar-refractivity contribution in [3.05, 3.63) is 71.9 Å². The van der Waals surface area contributed by atoms with Crippen LogP contribution in [-0.4, -0.2) is 40.8 Å². The number of benzene rings is 2. The average molecular weight is 375 g/mol. The molecule has 1 saturated heterocycles. The van der Waals surface area contributed by atoms with Crippen LogP contribution in [0.15, 0.2) is 60.8 Å². The van der Waals surface area contributed by atoms with E-state index in [4.69, 9.17) is 0 Å². The van der Waals surface area contributed by atoms with Gasteiger partial charge in [-0.15, -0.1) is 0 Å². The van der Waals surface area contributed by atoms with Crippen LogP contribution in [0.5, 0.6) is 0 Å². The van der Waals surface area contributed by atoms with Crippen LogP contribution in [0.4, 0.5) is 0 Å². The zero-order valence-corrected chi connectivity index (χ0v) is 15.9. The van der Waals surface area contributed by atoms with Gasteiger partial charge in [-0.25, -0.2) is 0 Å². The van der Waals surface area contributed by atoms with E-state index in [-0.39, 0.29) is 11.8 Å². The summed E-state index contributed by atoms with van der Waals surface area (Å²) in [7, 11) is 0. The number of H-pyrrole nitrogens is 1. The molecule has 5 nitrogen and oxygen atoms in total. The van der Waals surface area contributed by atoms with Crippen molar-refractivity contribution in [1.82, 2.24) is 15.2 Å². The molecule has 0 bridgehead atoms. The van der Waals surface area contributed by atoms with Crippen LogP contribution in [0, 0.1) is 0 Å². The summed E-state index contributed by atoms with van der Waals surface area (Å²) >= 11 is 0. The minimum Gasteiger partial charge on any atom is -0.361 e. The highest BCUT2D eigenvalue weighted by Gasteiger charge is 2.28. The number of para-hydroxylation sites is 1. The molecule has 144 valence electrons. The van der Waals surface area contributed by atoms with E-state index in [1.165, 1.54) is 0 Å². The highest BCUT2D eigenvalue weighted by Crippen LogP contribution is 2.20. The second kappa shape index (κ2) is 8.30. The minimum absolute atomic E-state index is 0.00858. The highest BCUT2D eigenvalue weighted by atomic mass is 16.2. The molecule has 1 aromatic heterocycles. The van der Waals surface area contributed by atoms with Gasteiger partial charge in [-0.3, -0.25) is 9.59 Å². The lowest BCUT2D eigenvalue weighted by Gasteiger charge is -2.30. The molecule has 28 heavy (non-hydrogen) atoms. The van der Waals surface area contributed by atoms with Gasteiger partial charge in [0.15, 0.2) is 0 Å². The molecular formula is C23H25N3O2. The average Bonchev–Trinajstić information content (AvgIpc) is 3.17. The Balaban J connectivity index is 1.58. The monoisotopic (exact) mass is 375 g/mol. The number of aromatic amines is 1. The van der Waals surface area contributed by atoms with Gasteiger partial charge >= 0.3 is 0 Å². The predicted molar refractivity (Wildman–Crippen MR) is 110 cm³/mol. The van der Waals surface area contributed by atoms with Crippen LogP contribution < -0.4 is 5.32 Å². The molecule has 0 saturated carbocycles. The maximum atomic E-state index is 13.2.